The largest absolute Gasteiger partial charge is 0.481 e. The molecule has 0 N–H and O–H groups in total. The maximum Gasteiger partial charge on any atom is 0.149 e. The van der Waals surface area contributed by atoms with Crippen LogP contribution in [0.5, 0.6) is 5.75 Å². The van der Waals surface area contributed by atoms with Crippen molar-refractivity contribution in [3.63, 3.8) is 0 Å². The van der Waals surface area contributed by atoms with Gasteiger partial charge in [-0.15, -0.1) is 10.3 Å². The molecule has 0 aliphatic carbocycles. The highest BCUT2D eigenvalue weighted by molar-refractivity contribution is 7.94. The first-order valence-electron chi connectivity index (χ1n) is 4.11. The molecule has 1 aromatic carbocycles. The molecule has 0 fully saturated rings. The van der Waals surface area contributed by atoms with Crippen LogP contribution in [-0.2, 0) is 9.43 Å². The molecule has 0 saturated carbocycles. The van der Waals surface area contributed by atoms with Crippen molar-refractivity contribution in [2.75, 3.05) is 6.61 Å². The molecule has 0 atom stereocenters. The second-order valence-corrected chi connectivity index (χ2v) is 3.18. The van der Waals surface area contributed by atoms with Crippen molar-refractivity contribution in [2.45, 2.75) is 11.8 Å². The smallest absolute Gasteiger partial charge is 0.149 e. The average Bonchev–Trinajstić information content (AvgIpc) is 2.28. The topological polar surface area (TPSA) is 27.7 Å². The quantitative estimate of drug-likeness (QED) is 0.335. The van der Waals surface area contributed by atoms with Gasteiger partial charge in [-0.3, -0.25) is 0 Å². The second-order valence-electron chi connectivity index (χ2n) is 2.40. The number of benzene rings is 1. The average molecular weight is 228 g/mol. The zero-order valence-corrected chi connectivity index (χ0v) is 8.84. The molecule has 0 aliphatic rings. The van der Waals surface area contributed by atoms with E-state index in [1.54, 1.807) is 31.2 Å². The third-order valence-corrected chi connectivity index (χ3v) is 2.05. The van der Waals surface area contributed by atoms with Crippen LogP contribution in [-0.4, -0.2) is 6.61 Å². The van der Waals surface area contributed by atoms with Crippen LogP contribution in [0.3, 0.4) is 0 Å². The number of halogens is 1. The van der Waals surface area contributed by atoms with Crippen molar-refractivity contribution in [3.8, 4) is 17.6 Å². The zero-order chi connectivity index (χ0) is 10.9. The van der Waals surface area contributed by atoms with Crippen LogP contribution < -0.4 is 4.74 Å². The summed E-state index contributed by atoms with van der Waals surface area (Å²) >= 11 is 0.777. The van der Waals surface area contributed by atoms with Crippen LogP contribution in [0.1, 0.15) is 6.92 Å². The van der Waals surface area contributed by atoms with Crippen molar-refractivity contribution >= 4 is 12.0 Å². The molecule has 3 nitrogen and oxygen atoms in total. The van der Waals surface area contributed by atoms with Crippen molar-refractivity contribution < 1.29 is 18.7 Å². The molecule has 0 spiro atoms. The molecule has 1 rings (SSSR count). The zero-order valence-electron chi connectivity index (χ0n) is 8.03. The van der Waals surface area contributed by atoms with Gasteiger partial charge in [0.25, 0.3) is 0 Å². The van der Waals surface area contributed by atoms with E-state index < -0.39 is 0 Å². The molecule has 0 amide bonds. The Labute approximate surface area is 91.6 Å². The molecule has 80 valence electrons. The maximum absolute atomic E-state index is 11.2. The van der Waals surface area contributed by atoms with Crippen LogP contribution in [0.25, 0.3) is 0 Å². The van der Waals surface area contributed by atoms with Crippen LogP contribution in [0.4, 0.5) is 4.53 Å². The summed E-state index contributed by atoms with van der Waals surface area (Å²) in [7, 11) is 0. The van der Waals surface area contributed by atoms with Gasteiger partial charge in [0.2, 0.25) is 0 Å². The molecule has 15 heavy (non-hydrogen) atoms. The monoisotopic (exact) mass is 228 g/mol. The molecule has 1 aromatic rings. The Bertz CT molecular complexity index is 342. The Hall–Kier alpha value is -1.22. The van der Waals surface area contributed by atoms with E-state index in [2.05, 4.69) is 21.3 Å². The summed E-state index contributed by atoms with van der Waals surface area (Å²) in [5.41, 5.74) is 0. The predicted octanol–water partition coefficient (Wildman–Crippen LogP) is 2.93. The third kappa shape index (κ3) is 4.70. The fraction of sp³-hybridized carbons (Fsp3) is 0.200. The first kappa shape index (κ1) is 11.9. The summed E-state index contributed by atoms with van der Waals surface area (Å²) in [5, 5.41) is 2.97. The standard InChI is InChI=1S/C10H9FO3S/c1-2-3-8-12-9-4-6-10(7-5-9)15-14-13-11/h4-7H,8H2,1H3. The van der Waals surface area contributed by atoms with Gasteiger partial charge in [0, 0.05) is 4.90 Å². The molecule has 0 aromatic heterocycles. The van der Waals surface area contributed by atoms with Gasteiger partial charge < -0.3 is 4.74 Å². The van der Waals surface area contributed by atoms with E-state index in [1.165, 1.54) is 0 Å². The minimum atomic E-state index is 0.354. The first-order valence-corrected chi connectivity index (χ1v) is 4.85. The molecule has 5 heteroatoms. The summed E-state index contributed by atoms with van der Waals surface area (Å²) in [6, 6.07) is 6.92. The molecule has 0 heterocycles. The molecule has 0 aliphatic heterocycles. The molecule has 0 bridgehead atoms. The van der Waals surface area contributed by atoms with Crippen molar-refractivity contribution in [1.29, 1.82) is 0 Å². The van der Waals surface area contributed by atoms with Crippen LogP contribution in [0, 0.1) is 11.8 Å². The Morgan fingerprint density at radius 1 is 1.33 bits per heavy atom. The van der Waals surface area contributed by atoms with Gasteiger partial charge in [-0.25, -0.2) is 0 Å². The lowest BCUT2D eigenvalue weighted by molar-refractivity contribution is -0.358. The van der Waals surface area contributed by atoms with E-state index in [4.69, 9.17) is 4.74 Å². The summed E-state index contributed by atoms with van der Waals surface area (Å²) in [5.74, 6) is 6.19. The van der Waals surface area contributed by atoms with Gasteiger partial charge in [0.15, 0.2) is 0 Å². The normalized spacial score (nSPS) is 9.20. The highest BCUT2D eigenvalue weighted by atomic mass is 32.2. The summed E-state index contributed by atoms with van der Waals surface area (Å²) in [6.07, 6.45) is 0. The summed E-state index contributed by atoms with van der Waals surface area (Å²) in [4.78, 5) is 0.710. The lowest BCUT2D eigenvalue weighted by Gasteiger charge is -2.02. The van der Waals surface area contributed by atoms with Crippen molar-refractivity contribution in [3.05, 3.63) is 24.3 Å². The predicted molar refractivity (Wildman–Crippen MR) is 54.5 cm³/mol. The van der Waals surface area contributed by atoms with Crippen LogP contribution >= 0.6 is 12.0 Å². The molecule has 0 unspecified atom stereocenters. The molecule has 0 radical (unpaired) electrons. The number of hydrogen-bond acceptors (Lipinski definition) is 4. The first-order chi connectivity index (χ1) is 7.36. The fourth-order valence-electron chi connectivity index (χ4n) is 0.835. The van der Waals surface area contributed by atoms with Crippen LogP contribution in [0.2, 0.25) is 0 Å². The molecular weight excluding hydrogens is 219 g/mol. The molecular formula is C10H9FO3S. The SMILES string of the molecule is CC#CCOc1ccc(SOOF)cc1. The minimum absolute atomic E-state index is 0.354. The molecule has 0 saturated heterocycles. The van der Waals surface area contributed by atoms with Gasteiger partial charge >= 0.3 is 0 Å². The van der Waals surface area contributed by atoms with Gasteiger partial charge in [0.1, 0.15) is 12.4 Å². The van der Waals surface area contributed by atoms with E-state index in [1.807, 2.05) is 0 Å². The second kappa shape index (κ2) is 7.12. The third-order valence-electron chi connectivity index (χ3n) is 1.47. The summed E-state index contributed by atoms with van der Waals surface area (Å²) < 4.78 is 20.5. The van der Waals surface area contributed by atoms with Crippen LogP contribution in [0.15, 0.2) is 29.2 Å². The number of hydrogen-bond donors (Lipinski definition) is 0. The van der Waals surface area contributed by atoms with Crippen molar-refractivity contribution in [2.24, 2.45) is 0 Å². The highest BCUT2D eigenvalue weighted by Crippen LogP contribution is 2.22. The van der Waals surface area contributed by atoms with Gasteiger partial charge in [0.05, 0.1) is 12.0 Å². The lowest BCUT2D eigenvalue weighted by atomic mass is 10.3. The van der Waals surface area contributed by atoms with E-state index in [0.717, 1.165) is 12.0 Å². The Morgan fingerprint density at radius 3 is 2.67 bits per heavy atom. The summed E-state index contributed by atoms with van der Waals surface area (Å²) in [6.45, 7) is 2.10. The Morgan fingerprint density at radius 2 is 2.07 bits per heavy atom. The van der Waals surface area contributed by atoms with E-state index >= 15 is 0 Å². The Kier molecular flexibility index (Phi) is 5.63. The highest BCUT2D eigenvalue weighted by Gasteiger charge is 1.97. The van der Waals surface area contributed by atoms with E-state index in [0.29, 0.717) is 17.3 Å². The van der Waals surface area contributed by atoms with Gasteiger partial charge in [-0.2, -0.15) is 0 Å². The van der Waals surface area contributed by atoms with E-state index in [9.17, 15) is 4.53 Å². The van der Waals surface area contributed by atoms with Gasteiger partial charge in [-0.1, -0.05) is 5.92 Å². The number of rotatable bonds is 5. The minimum Gasteiger partial charge on any atom is -0.481 e. The van der Waals surface area contributed by atoms with Crippen molar-refractivity contribution in [1.82, 2.24) is 0 Å². The number of ether oxygens (including phenoxy) is 1. The van der Waals surface area contributed by atoms with E-state index in [-0.39, 0.29) is 0 Å². The van der Waals surface area contributed by atoms with Gasteiger partial charge in [-0.05, 0) is 40.8 Å². The maximum atomic E-state index is 11.2. The fourth-order valence-corrected chi connectivity index (χ4v) is 1.19. The Balaban J connectivity index is 2.43. The lowest BCUT2D eigenvalue weighted by Crippen LogP contribution is -1.93.